The molecule has 7 aromatic carbocycles. The number of nitrogens with one attached hydrogen (secondary N) is 6. The van der Waals surface area contributed by atoms with Crippen LogP contribution < -0.4 is 46.1 Å². The molecular formula is C60H50N6O20. The van der Waals surface area contributed by atoms with Crippen molar-refractivity contribution in [2.75, 3.05) is 7.11 Å². The normalized spacial score (nSPS) is 22.7. The number of methoxy groups -OCH3 is 1. The molecule has 6 heterocycles. The van der Waals surface area contributed by atoms with Gasteiger partial charge in [-0.2, -0.15) is 0 Å². The maximum absolute atomic E-state index is 15.7. The fourth-order valence-electron chi connectivity index (χ4n) is 10.4. The predicted molar refractivity (Wildman–Crippen MR) is 293 cm³/mol. The average Bonchev–Trinajstić information content (AvgIpc) is 2.08. The zero-order chi connectivity index (χ0) is 61.2. The number of amides is 6. The highest BCUT2D eigenvalue weighted by molar-refractivity contribution is 6.00. The van der Waals surface area contributed by atoms with Crippen molar-refractivity contribution in [2.24, 2.45) is 0 Å². The molecule has 0 saturated heterocycles. The summed E-state index contributed by atoms with van der Waals surface area (Å²) < 4.78 is 23.4. The van der Waals surface area contributed by atoms with Crippen LogP contribution in [0, 0.1) is 6.92 Å². The summed E-state index contributed by atoms with van der Waals surface area (Å²) in [4.78, 5) is 104. The number of esters is 1. The molecule has 0 saturated carbocycles. The van der Waals surface area contributed by atoms with Crippen LogP contribution in [0.3, 0.4) is 0 Å². The topological polar surface area (TPSA) is 411 Å². The monoisotopic (exact) mass is 1170 g/mol. The van der Waals surface area contributed by atoms with Crippen LogP contribution in [-0.4, -0.2) is 107 Å². The summed E-state index contributed by atoms with van der Waals surface area (Å²) in [5.41, 5.74) is -2.15. The maximum atomic E-state index is 15.7. The van der Waals surface area contributed by atoms with Crippen molar-refractivity contribution >= 4 is 41.4 Å². The Morgan fingerprint density at radius 2 is 0.919 bits per heavy atom. The van der Waals surface area contributed by atoms with Crippen molar-refractivity contribution in [1.82, 2.24) is 31.9 Å². The molecule has 26 nitrogen and oxygen atoms in total. The third-order valence-electron chi connectivity index (χ3n) is 15.0. The molecule has 0 radical (unpaired) electrons. The smallest absolute Gasteiger partial charge is 0.333 e. The first-order valence-corrected chi connectivity index (χ1v) is 26.2. The van der Waals surface area contributed by atoms with Gasteiger partial charge in [0.05, 0.1) is 7.11 Å². The number of aromatic hydroxyl groups is 6. The number of aliphatic hydroxyl groups is 3. The van der Waals surface area contributed by atoms with Gasteiger partial charge in [-0.3, -0.25) is 28.8 Å². The van der Waals surface area contributed by atoms with Gasteiger partial charge in [-0.1, -0.05) is 36.4 Å². The molecule has 6 amide bonds. The number of carbonyl (C=O) groups is 7. The van der Waals surface area contributed by atoms with Gasteiger partial charge in [-0.25, -0.2) is 4.79 Å². The Balaban J connectivity index is 1.14. The predicted octanol–water partition coefficient (Wildman–Crippen LogP) is 3.60. The van der Waals surface area contributed by atoms with E-state index in [2.05, 4.69) is 31.9 Å². The zero-order valence-electron chi connectivity index (χ0n) is 44.8. The minimum atomic E-state index is -2.15. The number of rotatable bonds is 1. The van der Waals surface area contributed by atoms with E-state index >= 15 is 14.4 Å². The molecule has 0 aromatic heterocycles. The summed E-state index contributed by atoms with van der Waals surface area (Å²) in [5.74, 6) is -14.3. The van der Waals surface area contributed by atoms with E-state index < -0.39 is 142 Å². The minimum absolute atomic E-state index is 0.0106. The first-order chi connectivity index (χ1) is 41.0. The van der Waals surface area contributed by atoms with Crippen LogP contribution in [0.4, 0.5) is 0 Å². The molecule has 86 heavy (non-hydrogen) atoms. The van der Waals surface area contributed by atoms with Crippen LogP contribution in [0.5, 0.6) is 69.0 Å². The second-order valence-corrected chi connectivity index (χ2v) is 20.5. The summed E-state index contributed by atoms with van der Waals surface area (Å²) >= 11 is 0. The quantitative estimate of drug-likeness (QED) is 0.104. The lowest BCUT2D eigenvalue weighted by Crippen LogP contribution is -2.55. The van der Waals surface area contributed by atoms with Gasteiger partial charge in [-0.15, -0.1) is 0 Å². The molecule has 6 aliphatic rings. The lowest BCUT2D eigenvalue weighted by molar-refractivity contribution is -0.146. The van der Waals surface area contributed by atoms with Crippen molar-refractivity contribution < 1.29 is 98.5 Å². The van der Waals surface area contributed by atoms with E-state index in [9.17, 15) is 65.1 Å². The molecular weight excluding hydrogens is 1120 g/mol. The molecule has 440 valence electrons. The summed E-state index contributed by atoms with van der Waals surface area (Å²) in [6.07, 6.45) is -6.08. The second-order valence-electron chi connectivity index (χ2n) is 20.5. The van der Waals surface area contributed by atoms with Crippen molar-refractivity contribution in [3.8, 4) is 80.1 Å². The summed E-state index contributed by atoms with van der Waals surface area (Å²) in [5, 5.41) is 118. The fraction of sp³-hybridized carbons (Fsp3) is 0.183. The number of ether oxygens (including phenoxy) is 4. The molecule has 0 spiro atoms. The molecule has 7 aromatic rings. The number of fused-ring (bicyclic) bond motifs is 14. The average molecular weight is 1180 g/mol. The molecule has 26 heteroatoms. The number of phenolic OH excluding ortho intramolecular Hbond substituents is 6. The van der Waals surface area contributed by atoms with E-state index in [0.717, 1.165) is 67.8 Å². The van der Waals surface area contributed by atoms with Crippen LogP contribution >= 0.6 is 0 Å². The van der Waals surface area contributed by atoms with Gasteiger partial charge in [0.1, 0.15) is 82.7 Å². The number of hydrogen-bond acceptors (Lipinski definition) is 20. The van der Waals surface area contributed by atoms with Crippen LogP contribution in [0.25, 0.3) is 11.1 Å². The first-order valence-electron chi connectivity index (χ1n) is 26.2. The molecule has 15 N–H and O–H groups in total. The highest BCUT2D eigenvalue weighted by Gasteiger charge is 2.42. The number of phenols is 6. The summed E-state index contributed by atoms with van der Waals surface area (Å²) in [6.45, 7) is 1.40. The van der Waals surface area contributed by atoms with Gasteiger partial charge in [0.15, 0.2) is 35.1 Å². The number of carbonyl (C=O) groups excluding carboxylic acids is 7. The second kappa shape index (κ2) is 22.2. The lowest BCUT2D eigenvalue weighted by Gasteiger charge is -2.31. The lowest BCUT2D eigenvalue weighted by atomic mass is 9.89. The van der Waals surface area contributed by atoms with Gasteiger partial charge in [0, 0.05) is 28.3 Å². The Labute approximate surface area is 484 Å². The van der Waals surface area contributed by atoms with Crippen molar-refractivity contribution in [2.45, 2.75) is 61.5 Å². The third-order valence-corrected chi connectivity index (χ3v) is 15.0. The Bertz CT molecular complexity index is 3990. The largest absolute Gasteiger partial charge is 0.508 e. The van der Waals surface area contributed by atoms with Gasteiger partial charge in [-0.05, 0) is 119 Å². The minimum Gasteiger partial charge on any atom is -0.508 e. The fourth-order valence-corrected chi connectivity index (χ4v) is 10.4. The summed E-state index contributed by atoms with van der Waals surface area (Å²) in [7, 11) is 0.971. The van der Waals surface area contributed by atoms with E-state index in [1.54, 1.807) is 0 Å². The van der Waals surface area contributed by atoms with Gasteiger partial charge >= 0.3 is 5.97 Å². The standard InChI is InChI=1S/C60H50N6O20/c1-23-37(70)16-28-18-39(23)86-40-17-27(8-14-36(40)69)52(74)59(81)66-49-51(73)25-5-11-32(12-6-25)85-42-20-29-19-41(53(42)75)84-31-9-3-24(4-10-31)50(72)48-58(80)64-47(60(82)83-2)34-21-30(67)22-38(71)43(34)33-15-26(7-13-35(33)68)44(54(76)65-48)61-56(78)46(29)62-55(77)45(28)63-57(49)79/h3-22,44-52,67-75H,1-2H3,(H,61,78)(H,62,77)(H,63,79)(H,64,80)(H,65,76)(H,66,81)/t44-,45+,46-,47+,48?,49-,50?,51-,52-/m1/s1. The van der Waals surface area contributed by atoms with Crippen molar-refractivity contribution in [3.63, 3.8) is 0 Å². The zero-order valence-corrected chi connectivity index (χ0v) is 44.8. The number of benzene rings is 7. The van der Waals surface area contributed by atoms with Crippen LogP contribution in [0.2, 0.25) is 0 Å². The molecule has 6 aliphatic heterocycles. The Hall–Kier alpha value is -11.1. The van der Waals surface area contributed by atoms with Gasteiger partial charge < -0.3 is 96.8 Å². The van der Waals surface area contributed by atoms with Crippen molar-refractivity contribution in [3.05, 3.63) is 166 Å². The molecule has 13 rings (SSSR count). The maximum Gasteiger partial charge on any atom is 0.333 e. The van der Waals surface area contributed by atoms with E-state index in [-0.39, 0.29) is 78.6 Å². The summed E-state index contributed by atoms with van der Waals surface area (Å²) in [6, 6.07) is 10.9. The Kier molecular flexibility index (Phi) is 14.7. The molecule has 0 aliphatic carbocycles. The van der Waals surface area contributed by atoms with E-state index in [4.69, 9.17) is 18.9 Å². The van der Waals surface area contributed by atoms with Gasteiger partial charge in [0.25, 0.3) is 5.91 Å². The van der Waals surface area contributed by atoms with Crippen LogP contribution in [0.15, 0.2) is 121 Å². The SMILES string of the molecule is COC(=O)[C@H]1NC(=O)C2NC(=O)[C@H](NC(=O)[C@@H]3NC(=O)[C@H]4NC(=O)[C@H](NC(=O)[C@H](O)c5ccc(O)c(c5)Oc5cc4cc(O)c5C)[C@H](O)c4ccc(cc4)Oc4cc3cc(c4O)Oc3ccc(cc3)C2O)c2ccc(O)c(c2)-c2c(O)cc(O)cc21. The number of aliphatic hydroxyl groups excluding tert-OH is 3. The Morgan fingerprint density at radius 3 is 1.51 bits per heavy atom. The molecule has 2 unspecified atom stereocenters. The first kappa shape index (κ1) is 56.8. The van der Waals surface area contributed by atoms with E-state index in [1.165, 1.54) is 67.6 Å². The number of hydrogen-bond donors (Lipinski definition) is 15. The highest BCUT2D eigenvalue weighted by atomic mass is 16.5. The van der Waals surface area contributed by atoms with Crippen molar-refractivity contribution in [1.29, 1.82) is 0 Å². The van der Waals surface area contributed by atoms with E-state index in [1.807, 2.05) is 0 Å². The molecule has 17 bridgehead atoms. The third kappa shape index (κ3) is 10.6. The molecule has 9 atom stereocenters. The van der Waals surface area contributed by atoms with Crippen LogP contribution in [-0.2, 0) is 38.3 Å². The highest BCUT2D eigenvalue weighted by Crippen LogP contribution is 2.47. The molecule has 0 fully saturated rings. The van der Waals surface area contributed by atoms with E-state index in [0.29, 0.717) is 0 Å². The van der Waals surface area contributed by atoms with Gasteiger partial charge in [0.2, 0.25) is 35.3 Å². The Morgan fingerprint density at radius 1 is 0.442 bits per heavy atom. The van der Waals surface area contributed by atoms with Crippen LogP contribution in [0.1, 0.15) is 87.0 Å².